The number of hydrogen-bond acceptors (Lipinski definition) is 4. The molecular formula is C15H13BrClN3S. The van der Waals surface area contributed by atoms with Crippen LogP contribution in [-0.2, 0) is 6.42 Å². The van der Waals surface area contributed by atoms with Gasteiger partial charge in [-0.25, -0.2) is 0 Å². The standard InChI is InChI=1S/C15H13BrClN3S/c16-9-7-11-12(18)2-3-13(15(11)20-8-9)19-6-5-10-1-4-14(17)21-10/h1-4,7-8,19H,5-6,18H2. The maximum Gasteiger partial charge on any atom is 0.0954 e. The number of benzene rings is 1. The van der Waals surface area contributed by atoms with Gasteiger partial charge in [0.1, 0.15) is 0 Å². The van der Waals surface area contributed by atoms with Crippen LogP contribution in [0.5, 0.6) is 0 Å². The van der Waals surface area contributed by atoms with E-state index >= 15 is 0 Å². The molecule has 0 unspecified atom stereocenters. The SMILES string of the molecule is Nc1ccc(NCCc2ccc(Cl)s2)c2ncc(Br)cc12. The molecule has 3 rings (SSSR count). The van der Waals surface area contributed by atoms with Gasteiger partial charge in [-0.15, -0.1) is 11.3 Å². The summed E-state index contributed by atoms with van der Waals surface area (Å²) in [4.78, 5) is 5.73. The van der Waals surface area contributed by atoms with Crippen molar-refractivity contribution in [2.45, 2.75) is 6.42 Å². The van der Waals surface area contributed by atoms with Crippen LogP contribution >= 0.6 is 38.9 Å². The Hall–Kier alpha value is -1.30. The van der Waals surface area contributed by atoms with Crippen LogP contribution in [0.15, 0.2) is 41.0 Å². The number of fused-ring (bicyclic) bond motifs is 1. The molecule has 2 heterocycles. The van der Waals surface area contributed by atoms with Gasteiger partial charge in [0.05, 0.1) is 15.5 Å². The Kier molecular flexibility index (Phi) is 4.33. The van der Waals surface area contributed by atoms with E-state index in [1.54, 1.807) is 17.5 Å². The first-order valence-electron chi connectivity index (χ1n) is 6.45. The van der Waals surface area contributed by atoms with Gasteiger partial charge in [0.15, 0.2) is 0 Å². The van der Waals surface area contributed by atoms with Gasteiger partial charge in [0.2, 0.25) is 0 Å². The van der Waals surface area contributed by atoms with Crippen molar-refractivity contribution in [2.75, 3.05) is 17.6 Å². The van der Waals surface area contributed by atoms with E-state index < -0.39 is 0 Å². The number of nitrogens with two attached hydrogens (primary N) is 1. The first-order valence-corrected chi connectivity index (χ1v) is 8.44. The lowest BCUT2D eigenvalue weighted by Gasteiger charge is -2.10. The van der Waals surface area contributed by atoms with Crippen LogP contribution in [0.4, 0.5) is 11.4 Å². The maximum absolute atomic E-state index is 6.01. The predicted molar refractivity (Wildman–Crippen MR) is 95.4 cm³/mol. The molecule has 6 heteroatoms. The maximum atomic E-state index is 6.01. The lowest BCUT2D eigenvalue weighted by molar-refractivity contribution is 1.05. The van der Waals surface area contributed by atoms with Gasteiger partial charge < -0.3 is 11.1 Å². The van der Waals surface area contributed by atoms with Crippen LogP contribution in [0, 0.1) is 0 Å². The van der Waals surface area contributed by atoms with Gasteiger partial charge in [0, 0.05) is 33.2 Å². The van der Waals surface area contributed by atoms with E-state index in [-0.39, 0.29) is 0 Å². The highest BCUT2D eigenvalue weighted by molar-refractivity contribution is 9.10. The molecule has 1 aromatic carbocycles. The molecule has 0 atom stereocenters. The summed E-state index contributed by atoms with van der Waals surface area (Å²) in [5.74, 6) is 0. The van der Waals surface area contributed by atoms with Crippen molar-refractivity contribution in [1.29, 1.82) is 0 Å². The number of anilines is 2. The molecule has 0 bridgehead atoms. The zero-order valence-corrected chi connectivity index (χ0v) is 14.2. The minimum absolute atomic E-state index is 0.731. The molecule has 0 amide bonds. The van der Waals surface area contributed by atoms with Gasteiger partial charge in [-0.2, -0.15) is 0 Å². The molecular weight excluding hydrogens is 370 g/mol. The number of hydrogen-bond donors (Lipinski definition) is 2. The van der Waals surface area contributed by atoms with Gasteiger partial charge in [-0.1, -0.05) is 11.6 Å². The van der Waals surface area contributed by atoms with E-state index in [9.17, 15) is 0 Å². The van der Waals surface area contributed by atoms with Crippen molar-refractivity contribution in [2.24, 2.45) is 0 Å². The van der Waals surface area contributed by atoms with Crippen molar-refractivity contribution in [3.63, 3.8) is 0 Å². The normalized spacial score (nSPS) is 11.0. The van der Waals surface area contributed by atoms with Crippen molar-refractivity contribution in [1.82, 2.24) is 4.98 Å². The van der Waals surface area contributed by atoms with Crippen molar-refractivity contribution in [3.05, 3.63) is 50.2 Å². The third-order valence-electron chi connectivity index (χ3n) is 3.17. The van der Waals surface area contributed by atoms with E-state index in [0.717, 1.165) is 44.1 Å². The van der Waals surface area contributed by atoms with Crippen molar-refractivity contribution >= 4 is 61.1 Å². The number of nitrogen functional groups attached to an aromatic ring is 1. The average Bonchev–Trinajstić information content (AvgIpc) is 2.87. The summed E-state index contributed by atoms with van der Waals surface area (Å²) >= 11 is 11.0. The average molecular weight is 383 g/mol. The largest absolute Gasteiger partial charge is 0.398 e. The number of halogens is 2. The highest BCUT2D eigenvalue weighted by Crippen LogP contribution is 2.29. The van der Waals surface area contributed by atoms with Crippen LogP contribution in [0.1, 0.15) is 4.88 Å². The Morgan fingerprint density at radius 2 is 2.14 bits per heavy atom. The molecule has 3 aromatic rings. The summed E-state index contributed by atoms with van der Waals surface area (Å²) in [6, 6.07) is 9.85. The highest BCUT2D eigenvalue weighted by Gasteiger charge is 2.06. The highest BCUT2D eigenvalue weighted by atomic mass is 79.9. The van der Waals surface area contributed by atoms with Crippen LogP contribution in [-0.4, -0.2) is 11.5 Å². The zero-order valence-electron chi connectivity index (χ0n) is 11.1. The molecule has 0 aliphatic heterocycles. The molecule has 21 heavy (non-hydrogen) atoms. The van der Waals surface area contributed by atoms with Gasteiger partial charge in [-0.05, 0) is 52.7 Å². The minimum Gasteiger partial charge on any atom is -0.398 e. The molecule has 0 aliphatic carbocycles. The van der Waals surface area contributed by atoms with Crippen LogP contribution in [0.2, 0.25) is 4.34 Å². The smallest absolute Gasteiger partial charge is 0.0954 e. The third-order valence-corrected chi connectivity index (χ3v) is 4.89. The number of rotatable bonds is 4. The van der Waals surface area contributed by atoms with E-state index in [0.29, 0.717) is 0 Å². The summed E-state index contributed by atoms with van der Waals surface area (Å²) in [7, 11) is 0. The van der Waals surface area contributed by atoms with E-state index in [2.05, 4.69) is 32.3 Å². The second kappa shape index (κ2) is 6.22. The fourth-order valence-electron chi connectivity index (χ4n) is 2.16. The van der Waals surface area contributed by atoms with E-state index in [4.69, 9.17) is 17.3 Å². The third kappa shape index (κ3) is 3.31. The molecule has 0 radical (unpaired) electrons. The lowest BCUT2D eigenvalue weighted by atomic mass is 10.1. The summed E-state index contributed by atoms with van der Waals surface area (Å²) in [5, 5.41) is 4.37. The summed E-state index contributed by atoms with van der Waals surface area (Å²) < 4.78 is 1.75. The van der Waals surface area contributed by atoms with E-state index in [1.807, 2.05) is 24.3 Å². The molecule has 3 nitrogen and oxygen atoms in total. The minimum atomic E-state index is 0.731. The number of pyridine rings is 1. The lowest BCUT2D eigenvalue weighted by Crippen LogP contribution is -2.05. The summed E-state index contributed by atoms with van der Waals surface area (Å²) in [5.41, 5.74) is 8.63. The monoisotopic (exact) mass is 381 g/mol. The van der Waals surface area contributed by atoms with E-state index in [1.165, 1.54) is 4.88 Å². The molecule has 0 saturated heterocycles. The number of aromatic nitrogens is 1. The molecule has 0 fully saturated rings. The quantitative estimate of drug-likeness (QED) is 0.628. The second-order valence-corrected chi connectivity index (χ2v) is 7.35. The van der Waals surface area contributed by atoms with Gasteiger partial charge >= 0.3 is 0 Å². The molecule has 0 spiro atoms. The summed E-state index contributed by atoms with van der Waals surface area (Å²) in [6.45, 7) is 0.827. The Bertz CT molecular complexity index is 788. The van der Waals surface area contributed by atoms with Crippen LogP contribution < -0.4 is 11.1 Å². The number of nitrogens with one attached hydrogen (secondary N) is 1. The Morgan fingerprint density at radius 3 is 2.90 bits per heavy atom. The molecule has 108 valence electrons. The Labute approximate surface area is 140 Å². The van der Waals surface area contributed by atoms with Crippen LogP contribution in [0.25, 0.3) is 10.9 Å². The first kappa shape index (κ1) is 14.6. The fourth-order valence-corrected chi connectivity index (χ4v) is 3.58. The predicted octanol–water partition coefficient (Wildman–Crippen LogP) is 4.95. The Morgan fingerprint density at radius 1 is 1.29 bits per heavy atom. The first-order chi connectivity index (χ1) is 10.1. The fraction of sp³-hybridized carbons (Fsp3) is 0.133. The van der Waals surface area contributed by atoms with Gasteiger partial charge in [0.25, 0.3) is 0 Å². The number of thiophene rings is 1. The summed E-state index contributed by atoms with van der Waals surface area (Å²) in [6.07, 6.45) is 2.71. The molecule has 0 saturated carbocycles. The van der Waals surface area contributed by atoms with Crippen molar-refractivity contribution < 1.29 is 0 Å². The zero-order chi connectivity index (χ0) is 14.8. The Balaban J connectivity index is 1.79. The van der Waals surface area contributed by atoms with Gasteiger partial charge in [-0.3, -0.25) is 4.98 Å². The molecule has 0 aliphatic rings. The number of nitrogens with zero attached hydrogens (tertiary/aromatic N) is 1. The van der Waals surface area contributed by atoms with Crippen LogP contribution in [0.3, 0.4) is 0 Å². The topological polar surface area (TPSA) is 50.9 Å². The molecule has 2 aromatic heterocycles. The molecule has 3 N–H and O–H groups in total. The second-order valence-electron chi connectivity index (χ2n) is 4.63. The van der Waals surface area contributed by atoms with Crippen molar-refractivity contribution in [3.8, 4) is 0 Å².